The Morgan fingerprint density at radius 1 is 1.37 bits per heavy atom. The van der Waals surface area contributed by atoms with Crippen LogP contribution < -0.4 is 11.1 Å². The Balaban J connectivity index is 2.80. The first kappa shape index (κ1) is 15.4. The lowest BCUT2D eigenvalue weighted by atomic mass is 10.1. The fourth-order valence-electron chi connectivity index (χ4n) is 1.54. The van der Waals surface area contributed by atoms with Gasteiger partial charge in [-0.05, 0) is 12.0 Å². The standard InChI is InChI=1S/C13H18N2O3S/c1-19(17,18)8-7-12(15-13(16)10-14)9-11-5-3-2-4-6-11/h2-8,12H,9-10,14H2,1H3,(H,15,16)/b8-7+/t12-/m1/s1. The largest absolute Gasteiger partial charge is 0.348 e. The first-order valence-electron chi connectivity index (χ1n) is 5.82. The molecular weight excluding hydrogens is 264 g/mol. The smallest absolute Gasteiger partial charge is 0.234 e. The molecule has 0 heterocycles. The number of rotatable bonds is 6. The second-order valence-corrected chi connectivity index (χ2v) is 6.16. The first-order chi connectivity index (χ1) is 8.90. The van der Waals surface area contributed by atoms with Crippen molar-refractivity contribution in [3.8, 4) is 0 Å². The lowest BCUT2D eigenvalue weighted by molar-refractivity contribution is -0.120. The van der Waals surface area contributed by atoms with E-state index in [4.69, 9.17) is 5.73 Å². The predicted molar refractivity (Wildman–Crippen MR) is 75.1 cm³/mol. The minimum atomic E-state index is -3.22. The van der Waals surface area contributed by atoms with Gasteiger partial charge in [-0.2, -0.15) is 0 Å². The Morgan fingerprint density at radius 3 is 2.53 bits per heavy atom. The topological polar surface area (TPSA) is 89.3 Å². The molecule has 0 aromatic heterocycles. The van der Waals surface area contributed by atoms with E-state index in [0.29, 0.717) is 6.42 Å². The summed E-state index contributed by atoms with van der Waals surface area (Å²) in [7, 11) is -3.22. The molecule has 1 atom stereocenters. The number of amides is 1. The highest BCUT2D eigenvalue weighted by atomic mass is 32.2. The van der Waals surface area contributed by atoms with Crippen molar-refractivity contribution in [2.45, 2.75) is 12.5 Å². The molecule has 0 bridgehead atoms. The van der Waals surface area contributed by atoms with Gasteiger partial charge < -0.3 is 11.1 Å². The van der Waals surface area contributed by atoms with E-state index in [0.717, 1.165) is 17.2 Å². The molecule has 0 spiro atoms. The Hall–Kier alpha value is -1.66. The third-order valence-electron chi connectivity index (χ3n) is 2.39. The van der Waals surface area contributed by atoms with Crippen LogP contribution in [0.25, 0.3) is 0 Å². The molecule has 0 fully saturated rings. The molecule has 0 aliphatic rings. The number of hydrogen-bond donors (Lipinski definition) is 2. The van der Waals surface area contributed by atoms with Crippen molar-refractivity contribution in [3.63, 3.8) is 0 Å². The molecule has 1 aromatic rings. The second kappa shape index (κ2) is 7.06. The van der Waals surface area contributed by atoms with E-state index >= 15 is 0 Å². The van der Waals surface area contributed by atoms with Crippen molar-refractivity contribution in [1.29, 1.82) is 0 Å². The van der Waals surface area contributed by atoms with Crippen LogP contribution >= 0.6 is 0 Å². The van der Waals surface area contributed by atoms with Crippen LogP contribution in [0.1, 0.15) is 5.56 Å². The van der Waals surface area contributed by atoms with Crippen LogP contribution in [-0.4, -0.2) is 33.2 Å². The number of sulfone groups is 1. The SMILES string of the molecule is CS(=O)(=O)/C=C/[C@H](Cc1ccccc1)NC(=O)CN. The average Bonchev–Trinajstić information content (AvgIpc) is 2.36. The van der Waals surface area contributed by atoms with E-state index in [1.165, 1.54) is 6.08 Å². The Kier molecular flexibility index (Phi) is 5.72. The van der Waals surface area contributed by atoms with Gasteiger partial charge in [0.2, 0.25) is 5.91 Å². The monoisotopic (exact) mass is 282 g/mol. The van der Waals surface area contributed by atoms with Crippen molar-refractivity contribution in [1.82, 2.24) is 5.32 Å². The molecule has 0 aliphatic heterocycles. The summed E-state index contributed by atoms with van der Waals surface area (Å²) in [5.74, 6) is -0.320. The summed E-state index contributed by atoms with van der Waals surface area (Å²) in [5.41, 5.74) is 6.24. The number of benzene rings is 1. The lowest BCUT2D eigenvalue weighted by Gasteiger charge is -2.14. The van der Waals surface area contributed by atoms with Gasteiger partial charge in [0, 0.05) is 11.7 Å². The van der Waals surface area contributed by atoms with Crippen molar-refractivity contribution in [2.75, 3.05) is 12.8 Å². The molecular formula is C13H18N2O3S. The number of nitrogens with two attached hydrogens (primary N) is 1. The zero-order chi connectivity index (χ0) is 14.3. The Labute approximate surface area is 113 Å². The van der Waals surface area contributed by atoms with Crippen LogP contribution in [0, 0.1) is 0 Å². The van der Waals surface area contributed by atoms with Gasteiger partial charge in [-0.25, -0.2) is 8.42 Å². The highest BCUT2D eigenvalue weighted by Gasteiger charge is 2.10. The first-order valence-corrected chi connectivity index (χ1v) is 7.78. The van der Waals surface area contributed by atoms with E-state index in [9.17, 15) is 13.2 Å². The third-order valence-corrected chi connectivity index (χ3v) is 3.04. The summed E-state index contributed by atoms with van der Waals surface area (Å²) >= 11 is 0. The minimum Gasteiger partial charge on any atom is -0.348 e. The molecule has 5 nitrogen and oxygen atoms in total. The number of carbonyl (C=O) groups excluding carboxylic acids is 1. The summed E-state index contributed by atoms with van der Waals surface area (Å²) in [6, 6.07) is 9.09. The van der Waals surface area contributed by atoms with Crippen molar-refractivity contribution < 1.29 is 13.2 Å². The highest BCUT2D eigenvalue weighted by Crippen LogP contribution is 2.05. The lowest BCUT2D eigenvalue weighted by Crippen LogP contribution is -2.39. The van der Waals surface area contributed by atoms with Gasteiger partial charge in [-0.15, -0.1) is 0 Å². The van der Waals surface area contributed by atoms with Gasteiger partial charge in [-0.3, -0.25) is 4.79 Å². The summed E-state index contributed by atoms with van der Waals surface area (Å²) in [6.45, 7) is -0.127. The zero-order valence-corrected chi connectivity index (χ0v) is 11.6. The Morgan fingerprint density at radius 2 is 2.00 bits per heavy atom. The van der Waals surface area contributed by atoms with Crippen LogP contribution in [0.3, 0.4) is 0 Å². The minimum absolute atomic E-state index is 0.127. The van der Waals surface area contributed by atoms with E-state index in [-0.39, 0.29) is 12.5 Å². The quantitative estimate of drug-likeness (QED) is 0.781. The van der Waals surface area contributed by atoms with Crippen LogP contribution in [0.2, 0.25) is 0 Å². The van der Waals surface area contributed by atoms with Crippen LogP contribution in [0.5, 0.6) is 0 Å². The molecule has 6 heteroatoms. The maximum atomic E-state index is 11.3. The average molecular weight is 282 g/mol. The van der Waals surface area contributed by atoms with Crippen LogP contribution in [0.15, 0.2) is 41.8 Å². The molecule has 0 radical (unpaired) electrons. The molecule has 0 saturated heterocycles. The van der Waals surface area contributed by atoms with Crippen molar-refractivity contribution >= 4 is 15.7 Å². The number of nitrogens with one attached hydrogen (secondary N) is 1. The van der Waals surface area contributed by atoms with E-state index in [1.54, 1.807) is 0 Å². The predicted octanol–water partition coefficient (Wildman–Crippen LogP) is 0.231. The van der Waals surface area contributed by atoms with Gasteiger partial charge >= 0.3 is 0 Å². The fraction of sp³-hybridized carbons (Fsp3) is 0.308. The summed E-state index contributed by atoms with van der Waals surface area (Å²) in [6.07, 6.45) is 3.09. The molecule has 1 amide bonds. The highest BCUT2D eigenvalue weighted by molar-refractivity contribution is 7.93. The summed E-state index contributed by atoms with van der Waals surface area (Å²) < 4.78 is 22.2. The number of hydrogen-bond acceptors (Lipinski definition) is 4. The van der Waals surface area contributed by atoms with Crippen LogP contribution in [0.4, 0.5) is 0 Å². The fourth-order valence-corrected chi connectivity index (χ4v) is 2.01. The van der Waals surface area contributed by atoms with Crippen molar-refractivity contribution in [3.05, 3.63) is 47.4 Å². The maximum absolute atomic E-state index is 11.3. The Bertz CT molecular complexity index is 538. The van der Waals surface area contributed by atoms with Gasteiger partial charge in [0.15, 0.2) is 9.84 Å². The maximum Gasteiger partial charge on any atom is 0.234 e. The van der Waals surface area contributed by atoms with E-state index in [2.05, 4.69) is 5.32 Å². The van der Waals surface area contributed by atoms with Crippen molar-refractivity contribution in [2.24, 2.45) is 5.73 Å². The summed E-state index contributed by atoms with van der Waals surface area (Å²) in [5, 5.41) is 3.77. The molecule has 0 unspecified atom stereocenters. The molecule has 1 rings (SSSR count). The normalized spacial score (nSPS) is 13.4. The van der Waals surface area contributed by atoms with Gasteiger partial charge in [-0.1, -0.05) is 36.4 Å². The van der Waals surface area contributed by atoms with Gasteiger partial charge in [0.25, 0.3) is 0 Å². The van der Waals surface area contributed by atoms with E-state index in [1.807, 2.05) is 30.3 Å². The molecule has 104 valence electrons. The zero-order valence-electron chi connectivity index (χ0n) is 10.7. The molecule has 19 heavy (non-hydrogen) atoms. The number of carbonyl (C=O) groups is 1. The van der Waals surface area contributed by atoms with E-state index < -0.39 is 15.9 Å². The van der Waals surface area contributed by atoms with Gasteiger partial charge in [0.1, 0.15) is 0 Å². The molecule has 3 N–H and O–H groups in total. The summed E-state index contributed by atoms with van der Waals surface area (Å²) in [4.78, 5) is 11.3. The molecule has 0 aliphatic carbocycles. The van der Waals surface area contributed by atoms with Crippen LogP contribution in [-0.2, 0) is 21.1 Å². The third kappa shape index (κ3) is 6.73. The molecule has 0 saturated carbocycles. The second-order valence-electron chi connectivity index (χ2n) is 4.23. The van der Waals surface area contributed by atoms with Gasteiger partial charge in [0.05, 0.1) is 12.6 Å². The molecule has 1 aromatic carbocycles.